The van der Waals surface area contributed by atoms with Crippen LogP contribution in [0.1, 0.15) is 44.4 Å². The lowest BCUT2D eigenvalue weighted by molar-refractivity contribution is -0.120. The van der Waals surface area contributed by atoms with E-state index in [0.29, 0.717) is 6.42 Å². The zero-order valence-electron chi connectivity index (χ0n) is 15.6. The lowest BCUT2D eigenvalue weighted by atomic mass is 9.86. The highest BCUT2D eigenvalue weighted by atomic mass is 16.2. The molecule has 2 aromatic rings. The minimum absolute atomic E-state index is 0.0934. The Kier molecular flexibility index (Phi) is 6.51. The van der Waals surface area contributed by atoms with Gasteiger partial charge in [-0.15, -0.1) is 0 Å². The van der Waals surface area contributed by atoms with E-state index in [1.54, 1.807) is 6.21 Å². The smallest absolute Gasteiger partial charge is 0.244 e. The third-order valence-corrected chi connectivity index (χ3v) is 4.10. The Balaban J connectivity index is 1.80. The van der Waals surface area contributed by atoms with E-state index < -0.39 is 0 Å². The molecule has 0 spiro atoms. The quantitative estimate of drug-likeness (QED) is 0.612. The predicted octanol–water partition coefficient (Wildman–Crippen LogP) is 4.51. The van der Waals surface area contributed by atoms with Gasteiger partial charge in [-0.2, -0.15) is 5.10 Å². The molecule has 3 heteroatoms. The summed E-state index contributed by atoms with van der Waals surface area (Å²) < 4.78 is 0. The van der Waals surface area contributed by atoms with Gasteiger partial charge in [-0.1, -0.05) is 82.3 Å². The average molecular weight is 336 g/mol. The number of carbonyl (C=O) groups is 1. The Hall–Kier alpha value is -2.42. The van der Waals surface area contributed by atoms with Crippen molar-refractivity contribution in [1.82, 2.24) is 5.43 Å². The zero-order chi connectivity index (χ0) is 18.3. The van der Waals surface area contributed by atoms with Crippen molar-refractivity contribution in [2.45, 2.75) is 46.0 Å². The van der Waals surface area contributed by atoms with E-state index in [1.165, 1.54) is 11.1 Å². The van der Waals surface area contributed by atoms with E-state index in [0.717, 1.165) is 12.0 Å². The number of hydrogen-bond acceptors (Lipinski definition) is 2. The largest absolute Gasteiger partial charge is 0.273 e. The van der Waals surface area contributed by atoms with E-state index in [1.807, 2.05) is 30.3 Å². The van der Waals surface area contributed by atoms with Crippen LogP contribution in [0.2, 0.25) is 0 Å². The van der Waals surface area contributed by atoms with Gasteiger partial charge in [0.2, 0.25) is 5.91 Å². The molecule has 1 N–H and O–H groups in total. The molecule has 0 unspecified atom stereocenters. The number of hydrazone groups is 1. The zero-order valence-corrected chi connectivity index (χ0v) is 15.6. The van der Waals surface area contributed by atoms with Crippen molar-refractivity contribution < 1.29 is 4.79 Å². The van der Waals surface area contributed by atoms with Crippen LogP contribution in [0.15, 0.2) is 59.7 Å². The fourth-order valence-electron chi connectivity index (χ4n) is 2.62. The van der Waals surface area contributed by atoms with E-state index in [-0.39, 0.29) is 17.2 Å². The van der Waals surface area contributed by atoms with E-state index in [2.05, 4.69) is 62.5 Å². The molecule has 0 aliphatic heterocycles. The van der Waals surface area contributed by atoms with E-state index in [9.17, 15) is 4.79 Å². The number of amides is 1. The molecule has 1 amide bonds. The van der Waals surface area contributed by atoms with Crippen molar-refractivity contribution in [3.05, 3.63) is 71.3 Å². The summed E-state index contributed by atoms with van der Waals surface area (Å²) in [6, 6.07) is 18.4. The first-order valence-electron chi connectivity index (χ1n) is 8.80. The van der Waals surface area contributed by atoms with Gasteiger partial charge in [0.25, 0.3) is 0 Å². The average Bonchev–Trinajstić information content (AvgIpc) is 2.55. The molecule has 1 atom stereocenters. The van der Waals surface area contributed by atoms with Crippen LogP contribution in [-0.2, 0) is 23.1 Å². The standard InChI is InChI=1S/C22H28N2O/c1-17(14-19-10-12-20(13-11-19)22(2,3)4)16-23-24-21(25)15-18-8-6-5-7-9-18/h5-13,16-17H,14-15H2,1-4H3,(H,24,25)/b23-16-/t17-/m1/s1. The van der Waals surface area contributed by atoms with Crippen LogP contribution in [0.4, 0.5) is 0 Å². The molecule has 0 bridgehead atoms. The summed E-state index contributed by atoms with van der Waals surface area (Å²) in [5.74, 6) is 0.168. The molecule has 0 fully saturated rings. The Bertz CT molecular complexity index is 697. The van der Waals surface area contributed by atoms with Crippen LogP contribution < -0.4 is 5.43 Å². The van der Waals surface area contributed by atoms with E-state index >= 15 is 0 Å². The highest BCUT2D eigenvalue weighted by Crippen LogP contribution is 2.22. The number of hydrogen-bond donors (Lipinski definition) is 1. The maximum atomic E-state index is 11.9. The summed E-state index contributed by atoms with van der Waals surface area (Å²) in [7, 11) is 0. The van der Waals surface area contributed by atoms with Gasteiger partial charge in [-0.05, 0) is 34.4 Å². The molecule has 0 aliphatic rings. The topological polar surface area (TPSA) is 41.5 Å². The maximum Gasteiger partial charge on any atom is 0.244 e. The fourth-order valence-corrected chi connectivity index (χ4v) is 2.62. The van der Waals surface area contributed by atoms with Crippen molar-refractivity contribution in [1.29, 1.82) is 0 Å². The maximum absolute atomic E-state index is 11.9. The second-order valence-electron chi connectivity index (χ2n) is 7.60. The molecule has 3 nitrogen and oxygen atoms in total. The van der Waals surface area contributed by atoms with Crippen molar-refractivity contribution in [2.75, 3.05) is 0 Å². The molecule has 0 saturated carbocycles. The second kappa shape index (κ2) is 8.61. The predicted molar refractivity (Wildman–Crippen MR) is 105 cm³/mol. The van der Waals surface area contributed by atoms with Gasteiger partial charge < -0.3 is 0 Å². The van der Waals surface area contributed by atoms with Crippen molar-refractivity contribution >= 4 is 12.1 Å². The summed E-state index contributed by atoms with van der Waals surface area (Å²) >= 11 is 0. The van der Waals surface area contributed by atoms with Gasteiger partial charge >= 0.3 is 0 Å². The summed E-state index contributed by atoms with van der Waals surface area (Å²) in [4.78, 5) is 11.9. The van der Waals surface area contributed by atoms with Crippen LogP contribution in [-0.4, -0.2) is 12.1 Å². The summed E-state index contributed by atoms with van der Waals surface area (Å²) in [6.45, 7) is 8.75. The third-order valence-electron chi connectivity index (χ3n) is 4.10. The Morgan fingerprint density at radius 3 is 2.28 bits per heavy atom. The molecule has 2 aromatic carbocycles. The minimum atomic E-state index is -0.0934. The molecule has 0 radical (unpaired) electrons. The summed E-state index contributed by atoms with van der Waals surface area (Å²) in [5.41, 5.74) is 6.39. The second-order valence-corrected chi connectivity index (χ2v) is 7.60. The fraction of sp³-hybridized carbons (Fsp3) is 0.364. The number of rotatable bonds is 6. The molecular weight excluding hydrogens is 308 g/mol. The summed E-state index contributed by atoms with van der Waals surface area (Å²) in [5, 5.41) is 4.10. The SMILES string of the molecule is C[C@@H](/C=N\NC(=O)Cc1ccccc1)Cc1ccc(C(C)(C)C)cc1. The van der Waals surface area contributed by atoms with Gasteiger partial charge in [-0.25, -0.2) is 5.43 Å². The molecule has 0 aromatic heterocycles. The lowest BCUT2D eigenvalue weighted by Crippen LogP contribution is -2.20. The van der Waals surface area contributed by atoms with Gasteiger partial charge in [0.15, 0.2) is 0 Å². The Morgan fingerprint density at radius 2 is 1.68 bits per heavy atom. The first kappa shape index (κ1) is 18.9. The molecule has 0 heterocycles. The van der Waals surface area contributed by atoms with Crippen molar-refractivity contribution in [3.8, 4) is 0 Å². The van der Waals surface area contributed by atoms with Gasteiger partial charge in [0.05, 0.1) is 6.42 Å². The molecule has 2 rings (SSSR count). The monoisotopic (exact) mass is 336 g/mol. The number of carbonyl (C=O) groups excluding carboxylic acids is 1. The normalized spacial score (nSPS) is 13.0. The molecule has 25 heavy (non-hydrogen) atoms. The van der Waals surface area contributed by atoms with E-state index in [4.69, 9.17) is 0 Å². The van der Waals surface area contributed by atoms with Crippen LogP contribution in [0.5, 0.6) is 0 Å². The van der Waals surface area contributed by atoms with Crippen molar-refractivity contribution in [2.24, 2.45) is 11.0 Å². The highest BCUT2D eigenvalue weighted by molar-refractivity contribution is 5.79. The van der Waals surface area contributed by atoms with Gasteiger partial charge in [-0.3, -0.25) is 4.79 Å². The van der Waals surface area contributed by atoms with Crippen LogP contribution in [0.25, 0.3) is 0 Å². The lowest BCUT2D eigenvalue weighted by Gasteiger charge is -2.19. The van der Waals surface area contributed by atoms with Gasteiger partial charge in [0, 0.05) is 6.21 Å². The first-order valence-corrected chi connectivity index (χ1v) is 8.80. The van der Waals surface area contributed by atoms with Crippen LogP contribution in [0.3, 0.4) is 0 Å². The molecular formula is C22H28N2O. The van der Waals surface area contributed by atoms with Crippen LogP contribution in [0, 0.1) is 5.92 Å². The first-order chi connectivity index (χ1) is 11.8. The van der Waals surface area contributed by atoms with Crippen LogP contribution >= 0.6 is 0 Å². The molecule has 0 saturated heterocycles. The number of nitrogens with zero attached hydrogens (tertiary/aromatic N) is 1. The molecule has 0 aliphatic carbocycles. The number of benzene rings is 2. The minimum Gasteiger partial charge on any atom is -0.273 e. The third kappa shape index (κ3) is 6.54. The summed E-state index contributed by atoms with van der Waals surface area (Å²) in [6.07, 6.45) is 3.06. The number of nitrogens with one attached hydrogen (secondary N) is 1. The van der Waals surface area contributed by atoms with Crippen molar-refractivity contribution in [3.63, 3.8) is 0 Å². The highest BCUT2D eigenvalue weighted by Gasteiger charge is 2.13. The van der Waals surface area contributed by atoms with Gasteiger partial charge in [0.1, 0.15) is 0 Å². The Labute approximate surface area is 151 Å². The Morgan fingerprint density at radius 1 is 1.04 bits per heavy atom. The molecule has 132 valence electrons.